The standard InChI is InChI=1S/C24H35F/c1-2-3-4-5-6-19-7-9-20(10-8-19)21-11-13-22(14-12-21)23-15-17-24(25)18-16-23/h5-6,15-22H,2-4,7-14H2,1H3/b6-5+/t19-,20-,21?,22?. The van der Waals surface area contributed by atoms with E-state index in [0.29, 0.717) is 5.92 Å². The highest BCUT2D eigenvalue weighted by Crippen LogP contribution is 2.44. The van der Waals surface area contributed by atoms with E-state index in [1.165, 1.54) is 76.2 Å². The van der Waals surface area contributed by atoms with Crippen LogP contribution >= 0.6 is 0 Å². The van der Waals surface area contributed by atoms with Crippen molar-refractivity contribution >= 4 is 0 Å². The van der Waals surface area contributed by atoms with E-state index in [0.717, 1.165) is 17.8 Å². The third-order valence-corrected chi connectivity index (χ3v) is 6.73. The van der Waals surface area contributed by atoms with Gasteiger partial charge in [-0.25, -0.2) is 4.39 Å². The maximum atomic E-state index is 13.1. The van der Waals surface area contributed by atoms with Gasteiger partial charge < -0.3 is 0 Å². The van der Waals surface area contributed by atoms with Gasteiger partial charge >= 0.3 is 0 Å². The lowest BCUT2D eigenvalue weighted by atomic mass is 9.68. The van der Waals surface area contributed by atoms with Crippen LogP contribution in [0.2, 0.25) is 0 Å². The molecule has 3 rings (SSSR count). The van der Waals surface area contributed by atoms with Gasteiger partial charge in [0.2, 0.25) is 0 Å². The first-order valence-electron chi connectivity index (χ1n) is 10.7. The zero-order valence-electron chi connectivity index (χ0n) is 15.9. The van der Waals surface area contributed by atoms with E-state index in [4.69, 9.17) is 0 Å². The van der Waals surface area contributed by atoms with Gasteiger partial charge in [-0.1, -0.05) is 44.1 Å². The molecule has 0 unspecified atom stereocenters. The first kappa shape index (κ1) is 18.7. The van der Waals surface area contributed by atoms with Crippen LogP contribution in [0.4, 0.5) is 4.39 Å². The van der Waals surface area contributed by atoms with Crippen molar-refractivity contribution in [3.8, 4) is 0 Å². The van der Waals surface area contributed by atoms with Crippen LogP contribution < -0.4 is 0 Å². The summed E-state index contributed by atoms with van der Waals surface area (Å²) in [6.07, 6.45) is 19.9. The molecular formula is C24H35F. The van der Waals surface area contributed by atoms with Gasteiger partial charge in [-0.05, 0) is 99.2 Å². The largest absolute Gasteiger partial charge is 0.207 e. The second-order valence-corrected chi connectivity index (χ2v) is 8.41. The Kier molecular flexibility index (Phi) is 7.13. The van der Waals surface area contributed by atoms with Crippen LogP contribution in [-0.2, 0) is 0 Å². The Hall–Kier alpha value is -1.11. The van der Waals surface area contributed by atoms with Crippen molar-refractivity contribution in [3.05, 3.63) is 47.8 Å². The highest BCUT2D eigenvalue weighted by Gasteiger charge is 2.30. The summed E-state index contributed by atoms with van der Waals surface area (Å²) in [7, 11) is 0. The molecule has 1 aromatic rings. The lowest BCUT2D eigenvalue weighted by Gasteiger charge is -2.37. The first-order valence-corrected chi connectivity index (χ1v) is 10.7. The summed E-state index contributed by atoms with van der Waals surface area (Å²) in [5, 5.41) is 0. The summed E-state index contributed by atoms with van der Waals surface area (Å²) in [6.45, 7) is 2.27. The molecule has 0 nitrogen and oxygen atoms in total. The number of hydrogen-bond donors (Lipinski definition) is 0. The van der Waals surface area contributed by atoms with Gasteiger partial charge in [-0.2, -0.15) is 0 Å². The fourth-order valence-corrected chi connectivity index (χ4v) is 5.08. The fraction of sp³-hybridized carbons (Fsp3) is 0.667. The smallest absolute Gasteiger partial charge is 0.123 e. The molecule has 2 saturated carbocycles. The maximum absolute atomic E-state index is 13.1. The van der Waals surface area contributed by atoms with Crippen molar-refractivity contribution in [2.75, 3.05) is 0 Å². The van der Waals surface area contributed by atoms with Gasteiger partial charge in [0.15, 0.2) is 0 Å². The SMILES string of the molecule is CCCC/C=C/[C@H]1CC[C@H](C2CCC(c3ccc(F)cc3)CC2)CC1. The zero-order valence-corrected chi connectivity index (χ0v) is 15.9. The minimum Gasteiger partial charge on any atom is -0.207 e. The molecule has 0 bridgehead atoms. The Balaban J connectivity index is 1.40. The lowest BCUT2D eigenvalue weighted by Crippen LogP contribution is -2.25. The van der Waals surface area contributed by atoms with Crippen molar-refractivity contribution in [2.24, 2.45) is 17.8 Å². The molecule has 0 heterocycles. The number of allylic oxidation sites excluding steroid dienone is 2. The highest BCUT2D eigenvalue weighted by atomic mass is 19.1. The summed E-state index contributed by atoms with van der Waals surface area (Å²) in [5.41, 5.74) is 1.35. The molecule has 25 heavy (non-hydrogen) atoms. The number of hydrogen-bond acceptors (Lipinski definition) is 0. The van der Waals surface area contributed by atoms with Crippen LogP contribution in [0, 0.1) is 23.6 Å². The van der Waals surface area contributed by atoms with E-state index in [2.05, 4.69) is 19.1 Å². The third kappa shape index (κ3) is 5.43. The van der Waals surface area contributed by atoms with Crippen molar-refractivity contribution in [2.45, 2.75) is 83.5 Å². The Morgan fingerprint density at radius 3 is 2.08 bits per heavy atom. The quantitative estimate of drug-likeness (QED) is 0.368. The van der Waals surface area contributed by atoms with Crippen molar-refractivity contribution < 1.29 is 4.39 Å². The normalized spacial score (nSPS) is 30.6. The van der Waals surface area contributed by atoms with E-state index in [9.17, 15) is 4.39 Å². The molecule has 2 fully saturated rings. The Morgan fingerprint density at radius 2 is 1.48 bits per heavy atom. The second kappa shape index (κ2) is 9.55. The molecule has 0 aliphatic heterocycles. The van der Waals surface area contributed by atoms with Crippen LogP contribution in [0.25, 0.3) is 0 Å². The molecule has 138 valence electrons. The van der Waals surface area contributed by atoms with Crippen LogP contribution in [0.1, 0.15) is 89.0 Å². The zero-order chi connectivity index (χ0) is 17.5. The fourth-order valence-electron chi connectivity index (χ4n) is 5.08. The number of unbranched alkanes of at least 4 members (excludes halogenated alkanes) is 2. The van der Waals surface area contributed by atoms with Crippen molar-refractivity contribution in [1.82, 2.24) is 0 Å². The summed E-state index contributed by atoms with van der Waals surface area (Å²) in [6, 6.07) is 7.24. The van der Waals surface area contributed by atoms with Gasteiger partial charge in [0.05, 0.1) is 0 Å². The number of rotatable bonds is 6. The van der Waals surface area contributed by atoms with Gasteiger partial charge in [-0.3, -0.25) is 0 Å². The third-order valence-electron chi connectivity index (χ3n) is 6.73. The lowest BCUT2D eigenvalue weighted by molar-refractivity contribution is 0.171. The predicted octanol–water partition coefficient (Wildman–Crippen LogP) is 7.65. The maximum Gasteiger partial charge on any atom is 0.123 e. The molecular weight excluding hydrogens is 307 g/mol. The average molecular weight is 343 g/mol. The predicted molar refractivity (Wildman–Crippen MR) is 105 cm³/mol. The average Bonchev–Trinajstić information content (AvgIpc) is 2.67. The summed E-state index contributed by atoms with van der Waals surface area (Å²) >= 11 is 0. The molecule has 0 atom stereocenters. The van der Waals surface area contributed by atoms with Crippen LogP contribution in [-0.4, -0.2) is 0 Å². The van der Waals surface area contributed by atoms with Crippen molar-refractivity contribution in [3.63, 3.8) is 0 Å². The summed E-state index contributed by atoms with van der Waals surface area (Å²) in [4.78, 5) is 0. The summed E-state index contributed by atoms with van der Waals surface area (Å²) < 4.78 is 13.1. The van der Waals surface area contributed by atoms with E-state index in [1.807, 2.05) is 12.1 Å². The first-order chi connectivity index (χ1) is 12.3. The Labute approximate surface area is 153 Å². The molecule has 2 aliphatic rings. The molecule has 0 spiro atoms. The van der Waals surface area contributed by atoms with Gasteiger partial charge in [0.1, 0.15) is 5.82 Å². The topological polar surface area (TPSA) is 0 Å². The van der Waals surface area contributed by atoms with E-state index < -0.39 is 0 Å². The molecule has 0 radical (unpaired) electrons. The minimum atomic E-state index is -0.113. The molecule has 0 saturated heterocycles. The van der Waals surface area contributed by atoms with Crippen molar-refractivity contribution in [1.29, 1.82) is 0 Å². The Bertz CT molecular complexity index is 514. The summed E-state index contributed by atoms with van der Waals surface area (Å²) in [5.74, 6) is 3.31. The molecule has 0 aromatic heterocycles. The molecule has 0 amide bonds. The van der Waals surface area contributed by atoms with E-state index in [1.54, 1.807) is 12.1 Å². The van der Waals surface area contributed by atoms with E-state index >= 15 is 0 Å². The van der Waals surface area contributed by atoms with E-state index in [-0.39, 0.29) is 5.82 Å². The molecule has 2 aliphatic carbocycles. The van der Waals surface area contributed by atoms with Gasteiger partial charge in [0.25, 0.3) is 0 Å². The Morgan fingerprint density at radius 1 is 0.880 bits per heavy atom. The molecule has 1 aromatic carbocycles. The monoisotopic (exact) mass is 342 g/mol. The molecule has 0 N–H and O–H groups in total. The molecule has 1 heteroatoms. The second-order valence-electron chi connectivity index (χ2n) is 8.41. The van der Waals surface area contributed by atoms with Crippen LogP contribution in [0.3, 0.4) is 0 Å². The number of halogens is 1. The van der Waals surface area contributed by atoms with Crippen LogP contribution in [0.15, 0.2) is 36.4 Å². The number of benzene rings is 1. The highest BCUT2D eigenvalue weighted by molar-refractivity contribution is 5.21. The minimum absolute atomic E-state index is 0.113. The van der Waals surface area contributed by atoms with Crippen LogP contribution in [0.5, 0.6) is 0 Å². The van der Waals surface area contributed by atoms with Gasteiger partial charge in [0, 0.05) is 0 Å². The van der Waals surface area contributed by atoms with Gasteiger partial charge in [-0.15, -0.1) is 0 Å².